The van der Waals surface area contributed by atoms with Gasteiger partial charge in [-0.1, -0.05) is 27.2 Å². The smallest absolute Gasteiger partial charge is 0.137 e. The molecule has 1 aromatic rings. The second-order valence-electron chi connectivity index (χ2n) is 4.64. The molecule has 0 aromatic carbocycles. The third-order valence-corrected chi connectivity index (χ3v) is 2.89. The molecule has 0 saturated heterocycles. The maximum absolute atomic E-state index is 5.90. The van der Waals surface area contributed by atoms with Gasteiger partial charge in [0, 0.05) is 6.04 Å². The van der Waals surface area contributed by atoms with Crippen molar-refractivity contribution < 1.29 is 4.74 Å². The van der Waals surface area contributed by atoms with Crippen molar-refractivity contribution in [2.24, 2.45) is 11.7 Å². The minimum absolute atomic E-state index is 0.0306. The van der Waals surface area contributed by atoms with E-state index in [1.807, 2.05) is 12.1 Å². The first-order valence-electron chi connectivity index (χ1n) is 6.51. The molecule has 2 atom stereocenters. The van der Waals surface area contributed by atoms with E-state index in [1.165, 1.54) is 12.8 Å². The fourth-order valence-corrected chi connectivity index (χ4v) is 1.72. The molecule has 3 heteroatoms. The van der Waals surface area contributed by atoms with Gasteiger partial charge in [-0.15, -0.1) is 0 Å². The molecule has 1 rings (SSSR count). The van der Waals surface area contributed by atoms with Crippen LogP contribution in [-0.4, -0.2) is 11.6 Å². The van der Waals surface area contributed by atoms with E-state index in [0.717, 1.165) is 24.5 Å². The second-order valence-corrected chi connectivity index (χ2v) is 4.64. The van der Waals surface area contributed by atoms with E-state index in [2.05, 4.69) is 25.8 Å². The highest BCUT2D eigenvalue weighted by molar-refractivity contribution is 5.21. The van der Waals surface area contributed by atoms with Crippen LogP contribution in [0.15, 0.2) is 18.3 Å². The molecular formula is C14H24N2O. The third kappa shape index (κ3) is 4.73. The van der Waals surface area contributed by atoms with Gasteiger partial charge < -0.3 is 10.5 Å². The quantitative estimate of drug-likeness (QED) is 0.790. The highest BCUT2D eigenvalue weighted by Crippen LogP contribution is 2.16. The molecule has 0 radical (unpaired) electrons. The summed E-state index contributed by atoms with van der Waals surface area (Å²) in [6, 6.07) is 3.94. The molecule has 0 saturated carbocycles. The number of hydrogen-bond donors (Lipinski definition) is 1. The van der Waals surface area contributed by atoms with Crippen molar-refractivity contribution in [2.45, 2.75) is 46.1 Å². The summed E-state index contributed by atoms with van der Waals surface area (Å²) in [6.07, 6.45) is 5.07. The van der Waals surface area contributed by atoms with Crippen molar-refractivity contribution in [3.05, 3.63) is 24.0 Å². The predicted molar refractivity (Wildman–Crippen MR) is 71.0 cm³/mol. The van der Waals surface area contributed by atoms with Crippen molar-refractivity contribution in [2.75, 3.05) is 6.61 Å². The molecule has 96 valence electrons. The van der Waals surface area contributed by atoms with E-state index in [-0.39, 0.29) is 6.04 Å². The Morgan fingerprint density at radius 3 is 2.65 bits per heavy atom. The zero-order valence-corrected chi connectivity index (χ0v) is 11.1. The normalized spacial score (nSPS) is 14.4. The third-order valence-electron chi connectivity index (χ3n) is 2.89. The number of nitrogens with two attached hydrogens (primary N) is 1. The van der Waals surface area contributed by atoms with Crippen LogP contribution in [-0.2, 0) is 0 Å². The van der Waals surface area contributed by atoms with E-state index in [4.69, 9.17) is 10.5 Å². The van der Waals surface area contributed by atoms with Crippen LogP contribution in [0.1, 0.15) is 51.8 Å². The Kier molecular flexibility index (Phi) is 5.98. The number of aromatic nitrogens is 1. The average Bonchev–Trinajstić information content (AvgIpc) is 2.36. The lowest BCUT2D eigenvalue weighted by Crippen LogP contribution is -2.11. The Balaban J connectivity index is 2.45. The van der Waals surface area contributed by atoms with Gasteiger partial charge in [0.05, 0.1) is 18.5 Å². The largest absolute Gasteiger partial charge is 0.492 e. The summed E-state index contributed by atoms with van der Waals surface area (Å²) >= 11 is 0. The Labute approximate surface area is 104 Å². The Morgan fingerprint density at radius 2 is 2.12 bits per heavy atom. The number of nitrogens with zero attached hydrogens (tertiary/aromatic N) is 1. The van der Waals surface area contributed by atoms with E-state index < -0.39 is 0 Å². The zero-order chi connectivity index (χ0) is 12.7. The van der Waals surface area contributed by atoms with Gasteiger partial charge in [0.2, 0.25) is 0 Å². The molecule has 1 aromatic heterocycles. The zero-order valence-electron chi connectivity index (χ0n) is 11.1. The highest BCUT2D eigenvalue weighted by Gasteiger charge is 2.06. The number of rotatable bonds is 7. The Morgan fingerprint density at radius 1 is 1.35 bits per heavy atom. The van der Waals surface area contributed by atoms with Crippen molar-refractivity contribution in [3.63, 3.8) is 0 Å². The molecule has 2 unspecified atom stereocenters. The summed E-state index contributed by atoms with van der Waals surface area (Å²) in [5.41, 5.74) is 6.83. The summed E-state index contributed by atoms with van der Waals surface area (Å²) in [6.45, 7) is 7.22. The van der Waals surface area contributed by atoms with E-state index in [0.29, 0.717) is 5.92 Å². The van der Waals surface area contributed by atoms with Crippen LogP contribution < -0.4 is 10.5 Å². The summed E-state index contributed by atoms with van der Waals surface area (Å²) in [7, 11) is 0. The van der Waals surface area contributed by atoms with Gasteiger partial charge in [-0.05, 0) is 30.9 Å². The van der Waals surface area contributed by atoms with Crippen molar-refractivity contribution in [3.8, 4) is 5.75 Å². The minimum atomic E-state index is 0.0306. The first-order valence-corrected chi connectivity index (χ1v) is 6.51. The van der Waals surface area contributed by atoms with Crippen LogP contribution in [0.4, 0.5) is 0 Å². The van der Waals surface area contributed by atoms with Crippen LogP contribution in [0.3, 0.4) is 0 Å². The molecule has 0 bridgehead atoms. The van der Waals surface area contributed by atoms with Gasteiger partial charge >= 0.3 is 0 Å². The lowest BCUT2D eigenvalue weighted by atomic mass is 10.1. The molecule has 0 spiro atoms. The Hall–Kier alpha value is -1.09. The molecule has 0 aliphatic carbocycles. The van der Waals surface area contributed by atoms with Crippen LogP contribution in [0.5, 0.6) is 5.75 Å². The maximum Gasteiger partial charge on any atom is 0.137 e. The molecule has 0 fully saturated rings. The van der Waals surface area contributed by atoms with Crippen LogP contribution in [0.2, 0.25) is 0 Å². The number of ether oxygens (including phenoxy) is 1. The standard InChI is InChI=1S/C14H24N2O/c1-4-6-11(3)10-17-12-7-8-14(16-9-12)13(15)5-2/h7-9,11,13H,4-6,10,15H2,1-3H3. The molecule has 17 heavy (non-hydrogen) atoms. The average molecular weight is 236 g/mol. The predicted octanol–water partition coefficient (Wildman–Crippen LogP) is 3.31. The minimum Gasteiger partial charge on any atom is -0.492 e. The van der Waals surface area contributed by atoms with Crippen molar-refractivity contribution in [1.82, 2.24) is 4.98 Å². The summed E-state index contributed by atoms with van der Waals surface area (Å²) in [5.74, 6) is 1.43. The summed E-state index contributed by atoms with van der Waals surface area (Å²) < 4.78 is 5.69. The van der Waals surface area contributed by atoms with Gasteiger partial charge in [0.25, 0.3) is 0 Å². The number of hydrogen-bond acceptors (Lipinski definition) is 3. The molecule has 0 aliphatic heterocycles. The van der Waals surface area contributed by atoms with Gasteiger partial charge in [0.15, 0.2) is 0 Å². The van der Waals surface area contributed by atoms with E-state index >= 15 is 0 Å². The van der Waals surface area contributed by atoms with Crippen LogP contribution in [0, 0.1) is 5.92 Å². The van der Waals surface area contributed by atoms with Gasteiger partial charge in [-0.3, -0.25) is 4.98 Å². The fourth-order valence-electron chi connectivity index (χ4n) is 1.72. The van der Waals surface area contributed by atoms with Crippen LogP contribution in [0.25, 0.3) is 0 Å². The maximum atomic E-state index is 5.90. The highest BCUT2D eigenvalue weighted by atomic mass is 16.5. The molecular weight excluding hydrogens is 212 g/mol. The molecule has 0 amide bonds. The van der Waals surface area contributed by atoms with E-state index in [9.17, 15) is 0 Å². The van der Waals surface area contributed by atoms with Crippen molar-refractivity contribution >= 4 is 0 Å². The SMILES string of the molecule is CCCC(C)COc1ccc(C(N)CC)nc1. The monoisotopic (exact) mass is 236 g/mol. The first kappa shape index (κ1) is 14.0. The lowest BCUT2D eigenvalue weighted by Gasteiger charge is -2.13. The van der Waals surface area contributed by atoms with Gasteiger partial charge in [-0.25, -0.2) is 0 Å². The fraction of sp³-hybridized carbons (Fsp3) is 0.643. The topological polar surface area (TPSA) is 48.1 Å². The van der Waals surface area contributed by atoms with Gasteiger partial charge in [0.1, 0.15) is 5.75 Å². The molecule has 0 aliphatic rings. The Bertz CT molecular complexity index is 311. The first-order chi connectivity index (χ1) is 8.17. The molecule has 1 heterocycles. The molecule has 2 N–H and O–H groups in total. The van der Waals surface area contributed by atoms with Crippen LogP contribution >= 0.6 is 0 Å². The summed E-state index contributed by atoms with van der Waals surface area (Å²) in [5, 5.41) is 0. The molecule has 3 nitrogen and oxygen atoms in total. The summed E-state index contributed by atoms with van der Waals surface area (Å²) in [4.78, 5) is 4.32. The van der Waals surface area contributed by atoms with Crippen molar-refractivity contribution in [1.29, 1.82) is 0 Å². The van der Waals surface area contributed by atoms with E-state index in [1.54, 1.807) is 6.20 Å². The number of pyridine rings is 1. The lowest BCUT2D eigenvalue weighted by molar-refractivity contribution is 0.250. The second kappa shape index (κ2) is 7.28. The van der Waals surface area contributed by atoms with Gasteiger partial charge in [-0.2, -0.15) is 0 Å².